The number of aliphatic hydroxyl groups excluding tert-OH is 1. The van der Waals surface area contributed by atoms with Crippen LogP contribution in [0.2, 0.25) is 0 Å². The minimum absolute atomic E-state index is 0.0969. The van der Waals surface area contributed by atoms with Crippen molar-refractivity contribution in [3.8, 4) is 0 Å². The third-order valence-electron chi connectivity index (χ3n) is 5.31. The van der Waals surface area contributed by atoms with E-state index in [9.17, 15) is 9.90 Å². The number of amides is 1. The van der Waals surface area contributed by atoms with Gasteiger partial charge in [-0.15, -0.1) is 0 Å². The van der Waals surface area contributed by atoms with Gasteiger partial charge in [0.2, 0.25) is 0 Å². The van der Waals surface area contributed by atoms with E-state index in [0.717, 1.165) is 55.6 Å². The van der Waals surface area contributed by atoms with E-state index in [-0.39, 0.29) is 24.0 Å². The summed E-state index contributed by atoms with van der Waals surface area (Å²) in [6.45, 7) is 4.65. The molecule has 3 atom stereocenters. The Morgan fingerprint density at radius 1 is 1.24 bits per heavy atom. The second kappa shape index (κ2) is 5.44. The summed E-state index contributed by atoms with van der Waals surface area (Å²) in [5, 5.41) is 14.5. The maximum Gasteiger partial charge on any atom is 0.257 e. The molecule has 3 unspecified atom stereocenters. The fourth-order valence-corrected chi connectivity index (χ4v) is 4.13. The van der Waals surface area contributed by atoms with Gasteiger partial charge in [0.05, 0.1) is 17.4 Å². The molecule has 1 aromatic rings. The Hall–Kier alpha value is -1.36. The summed E-state index contributed by atoms with van der Waals surface area (Å²) in [5.41, 5.74) is 2.48. The van der Waals surface area contributed by atoms with Gasteiger partial charge in [0, 0.05) is 31.2 Å². The number of hydrogen-bond acceptors (Lipinski definition) is 3. The zero-order chi connectivity index (χ0) is 15.1. The van der Waals surface area contributed by atoms with Gasteiger partial charge in [0.1, 0.15) is 0 Å². The van der Waals surface area contributed by atoms with Crippen molar-refractivity contribution in [2.75, 3.05) is 6.54 Å². The van der Waals surface area contributed by atoms with E-state index in [4.69, 9.17) is 0 Å². The Morgan fingerprint density at radius 2 is 2.00 bits per heavy atom. The van der Waals surface area contributed by atoms with Crippen molar-refractivity contribution in [3.05, 3.63) is 17.0 Å². The maximum atomic E-state index is 13.0. The van der Waals surface area contributed by atoms with Crippen molar-refractivity contribution in [1.29, 1.82) is 0 Å². The van der Waals surface area contributed by atoms with Crippen LogP contribution in [-0.2, 0) is 7.05 Å². The molecule has 0 spiro atoms. The molecule has 0 bridgehead atoms. The van der Waals surface area contributed by atoms with Gasteiger partial charge in [-0.2, -0.15) is 5.10 Å². The quantitative estimate of drug-likeness (QED) is 0.904. The van der Waals surface area contributed by atoms with Crippen LogP contribution < -0.4 is 0 Å². The van der Waals surface area contributed by atoms with Gasteiger partial charge in [-0.3, -0.25) is 9.48 Å². The number of aliphatic hydroxyl groups is 1. The summed E-state index contributed by atoms with van der Waals surface area (Å²) in [7, 11) is 1.88. The van der Waals surface area contributed by atoms with E-state index < -0.39 is 0 Å². The first-order valence-corrected chi connectivity index (χ1v) is 8.00. The first-order valence-electron chi connectivity index (χ1n) is 8.00. The Bertz CT molecular complexity index is 552. The summed E-state index contributed by atoms with van der Waals surface area (Å²) in [6.07, 6.45) is 4.83. The van der Waals surface area contributed by atoms with E-state index in [2.05, 4.69) is 5.10 Å². The molecule has 2 fully saturated rings. The molecular formula is C16H25N3O2. The molecule has 2 aliphatic rings. The van der Waals surface area contributed by atoms with Crippen LogP contribution >= 0.6 is 0 Å². The third-order valence-corrected chi connectivity index (χ3v) is 5.31. The number of hydrogen-bond donors (Lipinski definition) is 1. The monoisotopic (exact) mass is 291 g/mol. The Balaban J connectivity index is 1.86. The van der Waals surface area contributed by atoms with Crippen LogP contribution in [0, 0.1) is 19.8 Å². The van der Waals surface area contributed by atoms with Crippen molar-refractivity contribution >= 4 is 5.91 Å². The molecule has 21 heavy (non-hydrogen) atoms. The van der Waals surface area contributed by atoms with E-state index in [0.29, 0.717) is 0 Å². The number of aromatic nitrogens is 2. The Morgan fingerprint density at radius 3 is 2.57 bits per heavy atom. The molecule has 1 saturated heterocycles. The highest BCUT2D eigenvalue weighted by molar-refractivity contribution is 5.96. The summed E-state index contributed by atoms with van der Waals surface area (Å²) < 4.78 is 1.78. The van der Waals surface area contributed by atoms with Gasteiger partial charge in [-0.05, 0) is 39.5 Å². The van der Waals surface area contributed by atoms with Crippen molar-refractivity contribution < 1.29 is 9.90 Å². The minimum atomic E-state index is -0.237. The Kier molecular flexibility index (Phi) is 3.78. The number of aryl methyl sites for hydroxylation is 2. The fraction of sp³-hybridized carbons (Fsp3) is 0.750. The van der Waals surface area contributed by atoms with Crippen molar-refractivity contribution in [2.24, 2.45) is 13.0 Å². The van der Waals surface area contributed by atoms with Crippen LogP contribution in [-0.4, -0.2) is 44.4 Å². The lowest BCUT2D eigenvalue weighted by atomic mass is 9.93. The van der Waals surface area contributed by atoms with Gasteiger partial charge in [-0.25, -0.2) is 0 Å². The lowest BCUT2D eigenvalue weighted by Gasteiger charge is -2.31. The van der Waals surface area contributed by atoms with Crippen molar-refractivity contribution in [2.45, 2.75) is 58.1 Å². The summed E-state index contributed by atoms with van der Waals surface area (Å²) in [5.74, 6) is 0.355. The molecule has 5 heteroatoms. The molecule has 116 valence electrons. The molecule has 1 amide bonds. The number of carbonyl (C=O) groups excluding carboxylic acids is 1. The molecule has 1 aliphatic heterocycles. The fourth-order valence-electron chi connectivity index (χ4n) is 4.13. The highest BCUT2D eigenvalue weighted by Gasteiger charge is 2.41. The van der Waals surface area contributed by atoms with Gasteiger partial charge in [0.25, 0.3) is 5.91 Å². The predicted molar refractivity (Wildman–Crippen MR) is 80.1 cm³/mol. The molecule has 1 saturated carbocycles. The molecule has 3 rings (SSSR count). The highest BCUT2D eigenvalue weighted by Crippen LogP contribution is 2.36. The standard InChI is InChI=1S/C16H25N3O2/c1-10-15(11(2)18(3)17-10)16(21)19-9-5-7-13(19)12-6-4-8-14(12)20/h12-14,20H,4-9H2,1-3H3. The predicted octanol–water partition coefficient (Wildman–Crippen LogP) is 1.80. The lowest BCUT2D eigenvalue weighted by molar-refractivity contribution is 0.0526. The van der Waals surface area contributed by atoms with Gasteiger partial charge in [0.15, 0.2) is 0 Å². The first-order chi connectivity index (χ1) is 10.0. The van der Waals surface area contributed by atoms with Crippen LogP contribution in [0.25, 0.3) is 0 Å². The molecule has 1 aromatic heterocycles. The van der Waals surface area contributed by atoms with Crippen molar-refractivity contribution in [3.63, 3.8) is 0 Å². The topological polar surface area (TPSA) is 58.4 Å². The van der Waals surface area contributed by atoms with Crippen LogP contribution in [0.15, 0.2) is 0 Å². The second-order valence-electron chi connectivity index (χ2n) is 6.54. The average molecular weight is 291 g/mol. The maximum absolute atomic E-state index is 13.0. The zero-order valence-electron chi connectivity index (χ0n) is 13.2. The molecular weight excluding hydrogens is 266 g/mol. The van der Waals surface area contributed by atoms with E-state index in [1.54, 1.807) is 4.68 Å². The van der Waals surface area contributed by atoms with E-state index in [1.165, 1.54) is 0 Å². The van der Waals surface area contributed by atoms with E-state index in [1.807, 2.05) is 25.8 Å². The summed E-state index contributed by atoms with van der Waals surface area (Å²) >= 11 is 0. The number of likely N-dealkylation sites (tertiary alicyclic amines) is 1. The summed E-state index contributed by atoms with van der Waals surface area (Å²) in [4.78, 5) is 15.0. The van der Waals surface area contributed by atoms with E-state index >= 15 is 0 Å². The summed E-state index contributed by atoms with van der Waals surface area (Å²) in [6, 6.07) is 0.203. The van der Waals surface area contributed by atoms with Gasteiger partial charge < -0.3 is 10.0 Å². The largest absolute Gasteiger partial charge is 0.393 e. The lowest BCUT2D eigenvalue weighted by Crippen LogP contribution is -2.42. The smallest absolute Gasteiger partial charge is 0.257 e. The number of nitrogens with zero attached hydrogens (tertiary/aromatic N) is 3. The normalized spacial score (nSPS) is 29.3. The molecule has 5 nitrogen and oxygen atoms in total. The number of carbonyl (C=O) groups is 1. The number of rotatable bonds is 2. The van der Waals surface area contributed by atoms with Crippen LogP contribution in [0.4, 0.5) is 0 Å². The Labute approximate surface area is 125 Å². The van der Waals surface area contributed by atoms with Crippen molar-refractivity contribution in [1.82, 2.24) is 14.7 Å². The molecule has 1 aliphatic carbocycles. The average Bonchev–Trinajstić information content (AvgIpc) is 3.10. The minimum Gasteiger partial charge on any atom is -0.393 e. The van der Waals surface area contributed by atoms with Gasteiger partial charge >= 0.3 is 0 Å². The molecule has 0 aromatic carbocycles. The molecule has 0 radical (unpaired) electrons. The van der Waals surface area contributed by atoms with Crippen LogP contribution in [0.5, 0.6) is 0 Å². The van der Waals surface area contributed by atoms with Crippen LogP contribution in [0.3, 0.4) is 0 Å². The SMILES string of the molecule is Cc1nn(C)c(C)c1C(=O)N1CCCC1C1CCCC1O. The molecule has 1 N–H and O–H groups in total. The second-order valence-corrected chi connectivity index (χ2v) is 6.54. The van der Waals surface area contributed by atoms with Gasteiger partial charge in [-0.1, -0.05) is 6.42 Å². The highest BCUT2D eigenvalue weighted by atomic mass is 16.3. The zero-order valence-corrected chi connectivity index (χ0v) is 13.2. The molecule has 2 heterocycles. The third kappa shape index (κ3) is 2.37. The van der Waals surface area contributed by atoms with Crippen LogP contribution in [0.1, 0.15) is 53.8 Å². The first kappa shape index (κ1) is 14.6.